The summed E-state index contributed by atoms with van der Waals surface area (Å²) in [6.45, 7) is 0. The van der Waals surface area contributed by atoms with Gasteiger partial charge in [-0.05, 0) is 0 Å². The molecule has 1 fully saturated rings. The molecule has 3 N–H and O–H groups in total. The lowest BCUT2D eigenvalue weighted by Gasteiger charge is -2.37. The molecule has 5 nitrogen and oxygen atoms in total. The molecule has 2 rings (SSSR count). The van der Waals surface area contributed by atoms with Crippen LogP contribution in [0.15, 0.2) is 12.0 Å². The molecule has 0 bridgehead atoms. The van der Waals surface area contributed by atoms with Crippen molar-refractivity contribution in [1.82, 2.24) is 0 Å². The maximum absolute atomic E-state index is 11.4. The maximum atomic E-state index is 11.4. The number of carbonyl (C=O) groups is 1. The minimum Gasteiger partial charge on any atom is -0.502 e. The Morgan fingerprint density at radius 1 is 1.36 bits per heavy atom. The molecule has 1 heterocycles. The predicted molar refractivity (Wildman–Crippen MR) is 45.3 cm³/mol. The first-order chi connectivity index (χ1) is 6.59. The lowest BCUT2D eigenvalue weighted by molar-refractivity contribution is -0.144. The third-order valence-electron chi connectivity index (χ3n) is 2.74. The highest BCUT2D eigenvalue weighted by Crippen LogP contribution is 2.32. The largest absolute Gasteiger partial charge is 0.502 e. The van der Waals surface area contributed by atoms with Crippen LogP contribution in [0.1, 0.15) is 12.8 Å². The van der Waals surface area contributed by atoms with Crippen molar-refractivity contribution in [3.8, 4) is 0 Å². The van der Waals surface area contributed by atoms with Crippen LogP contribution < -0.4 is 0 Å². The Kier molecular flexibility index (Phi) is 2.20. The Labute approximate surface area is 80.6 Å². The Balaban J connectivity index is 2.23. The minimum atomic E-state index is -0.938. The molecule has 14 heavy (non-hydrogen) atoms. The summed E-state index contributed by atoms with van der Waals surface area (Å²) < 4.78 is 5.05. The average Bonchev–Trinajstić information content (AvgIpc) is 2.10. The summed E-state index contributed by atoms with van der Waals surface area (Å²) in [7, 11) is 0. The predicted octanol–water partition coefficient (Wildman–Crippen LogP) is -0.514. The van der Waals surface area contributed by atoms with E-state index in [1.165, 1.54) is 0 Å². The van der Waals surface area contributed by atoms with Crippen molar-refractivity contribution in [1.29, 1.82) is 0 Å². The van der Waals surface area contributed by atoms with E-state index in [2.05, 4.69) is 0 Å². The number of aliphatic hydroxyl groups is 3. The zero-order valence-electron chi connectivity index (χ0n) is 7.46. The number of ketones is 1. The first-order valence-electron chi connectivity index (χ1n) is 4.54. The van der Waals surface area contributed by atoms with Crippen LogP contribution in [0, 0.1) is 5.92 Å². The fourth-order valence-corrected chi connectivity index (χ4v) is 2.05. The number of carbonyl (C=O) groups excluding carboxylic acids is 1. The summed E-state index contributed by atoms with van der Waals surface area (Å²) in [5.74, 6) is -1.69. The number of hydrogen-bond donors (Lipinski definition) is 3. The first kappa shape index (κ1) is 9.48. The number of aliphatic hydroxyl groups excluding tert-OH is 3. The number of fused-ring (bicyclic) bond motifs is 1. The van der Waals surface area contributed by atoms with Gasteiger partial charge in [0, 0.05) is 12.8 Å². The second kappa shape index (κ2) is 3.25. The van der Waals surface area contributed by atoms with Crippen LogP contribution in [0.25, 0.3) is 0 Å². The molecule has 0 amide bonds. The van der Waals surface area contributed by atoms with E-state index >= 15 is 0 Å². The molecule has 5 heteroatoms. The SMILES string of the molecule is O=C1C(O)=COC2CC(O)CC(O)C12. The van der Waals surface area contributed by atoms with Gasteiger partial charge < -0.3 is 20.1 Å². The molecular formula is C9H12O5. The standard InChI is InChI=1S/C9H12O5/c10-4-1-5(11)8-7(2-4)14-3-6(12)9(8)13/h3-5,7-8,10-12H,1-2H2. The molecule has 4 unspecified atom stereocenters. The van der Waals surface area contributed by atoms with E-state index < -0.39 is 35.8 Å². The van der Waals surface area contributed by atoms with Crippen LogP contribution in [0.2, 0.25) is 0 Å². The van der Waals surface area contributed by atoms with Gasteiger partial charge in [-0.15, -0.1) is 0 Å². The monoisotopic (exact) mass is 200 g/mol. The number of allylic oxidation sites excluding steroid dienone is 1. The summed E-state index contributed by atoms with van der Waals surface area (Å²) in [4.78, 5) is 11.4. The molecule has 0 aromatic heterocycles. The third kappa shape index (κ3) is 1.38. The van der Waals surface area contributed by atoms with Crippen molar-refractivity contribution >= 4 is 5.78 Å². The van der Waals surface area contributed by atoms with Crippen LogP contribution in [0.3, 0.4) is 0 Å². The van der Waals surface area contributed by atoms with Crippen molar-refractivity contribution in [2.45, 2.75) is 31.2 Å². The molecule has 78 valence electrons. The van der Waals surface area contributed by atoms with Crippen LogP contribution in [0.5, 0.6) is 0 Å². The highest BCUT2D eigenvalue weighted by atomic mass is 16.5. The molecule has 0 radical (unpaired) electrons. The van der Waals surface area contributed by atoms with E-state index in [0.29, 0.717) is 6.42 Å². The van der Waals surface area contributed by atoms with E-state index in [0.717, 1.165) is 6.26 Å². The van der Waals surface area contributed by atoms with Gasteiger partial charge in [0.05, 0.1) is 18.1 Å². The van der Waals surface area contributed by atoms with Gasteiger partial charge in [0.1, 0.15) is 12.4 Å². The number of hydrogen-bond acceptors (Lipinski definition) is 5. The minimum absolute atomic E-state index is 0.156. The van der Waals surface area contributed by atoms with Crippen LogP contribution >= 0.6 is 0 Å². The van der Waals surface area contributed by atoms with Crippen LogP contribution in [-0.4, -0.2) is 39.4 Å². The van der Waals surface area contributed by atoms with Gasteiger partial charge in [-0.2, -0.15) is 0 Å². The van der Waals surface area contributed by atoms with Crippen molar-refractivity contribution in [3.63, 3.8) is 0 Å². The van der Waals surface area contributed by atoms with Crippen molar-refractivity contribution in [2.75, 3.05) is 0 Å². The van der Waals surface area contributed by atoms with E-state index in [4.69, 9.17) is 9.84 Å². The Morgan fingerprint density at radius 2 is 2.07 bits per heavy atom. The molecule has 0 aromatic carbocycles. The second-order valence-electron chi connectivity index (χ2n) is 3.76. The van der Waals surface area contributed by atoms with E-state index in [9.17, 15) is 15.0 Å². The molecule has 1 aliphatic heterocycles. The smallest absolute Gasteiger partial charge is 0.209 e. The molecule has 4 atom stereocenters. The number of ether oxygens (including phenoxy) is 1. The lowest BCUT2D eigenvalue weighted by Crippen LogP contribution is -2.49. The van der Waals surface area contributed by atoms with Gasteiger partial charge in [-0.3, -0.25) is 4.79 Å². The lowest BCUT2D eigenvalue weighted by atomic mass is 9.78. The van der Waals surface area contributed by atoms with Gasteiger partial charge in [0.2, 0.25) is 5.78 Å². The quantitative estimate of drug-likeness (QED) is 0.490. The molecule has 1 aliphatic carbocycles. The molecule has 0 saturated heterocycles. The molecule has 1 saturated carbocycles. The molecule has 0 spiro atoms. The third-order valence-corrected chi connectivity index (χ3v) is 2.74. The topological polar surface area (TPSA) is 87.0 Å². The van der Waals surface area contributed by atoms with Crippen molar-refractivity contribution in [2.24, 2.45) is 5.92 Å². The van der Waals surface area contributed by atoms with Crippen LogP contribution in [-0.2, 0) is 9.53 Å². The van der Waals surface area contributed by atoms with Gasteiger partial charge in [0.15, 0.2) is 5.76 Å². The molecular weight excluding hydrogens is 188 g/mol. The summed E-state index contributed by atoms with van der Waals surface area (Å²) in [5.41, 5.74) is 0. The van der Waals surface area contributed by atoms with Crippen molar-refractivity contribution in [3.05, 3.63) is 12.0 Å². The Morgan fingerprint density at radius 3 is 2.79 bits per heavy atom. The summed E-state index contributed by atoms with van der Waals surface area (Å²) in [6, 6.07) is 0. The summed E-state index contributed by atoms with van der Waals surface area (Å²) in [5, 5.41) is 28.0. The molecule has 2 aliphatic rings. The van der Waals surface area contributed by atoms with E-state index in [-0.39, 0.29) is 6.42 Å². The van der Waals surface area contributed by atoms with Gasteiger partial charge >= 0.3 is 0 Å². The second-order valence-corrected chi connectivity index (χ2v) is 3.76. The van der Waals surface area contributed by atoms with E-state index in [1.54, 1.807) is 0 Å². The Bertz CT molecular complexity index is 285. The first-order valence-corrected chi connectivity index (χ1v) is 4.54. The molecule has 0 aromatic rings. The highest BCUT2D eigenvalue weighted by Gasteiger charge is 2.45. The maximum Gasteiger partial charge on any atom is 0.209 e. The van der Waals surface area contributed by atoms with Gasteiger partial charge in [0.25, 0.3) is 0 Å². The average molecular weight is 200 g/mol. The number of Topliss-reactive ketones (excluding diaryl/α,β-unsaturated/α-hetero) is 1. The van der Waals surface area contributed by atoms with E-state index in [1.807, 2.05) is 0 Å². The zero-order valence-corrected chi connectivity index (χ0v) is 7.46. The van der Waals surface area contributed by atoms with Crippen molar-refractivity contribution < 1.29 is 24.9 Å². The number of rotatable bonds is 0. The fraction of sp³-hybridized carbons (Fsp3) is 0.667. The normalized spacial score (nSPS) is 42.4. The summed E-state index contributed by atoms with van der Waals surface area (Å²) >= 11 is 0. The van der Waals surface area contributed by atoms with Crippen LogP contribution in [0.4, 0.5) is 0 Å². The zero-order chi connectivity index (χ0) is 10.3. The highest BCUT2D eigenvalue weighted by molar-refractivity contribution is 5.96. The summed E-state index contributed by atoms with van der Waals surface area (Å²) in [6.07, 6.45) is -0.647. The van der Waals surface area contributed by atoms with Gasteiger partial charge in [-0.25, -0.2) is 0 Å². The fourth-order valence-electron chi connectivity index (χ4n) is 2.05. The van der Waals surface area contributed by atoms with Gasteiger partial charge in [-0.1, -0.05) is 0 Å². The Hall–Kier alpha value is -1.07.